The molecule has 0 bridgehead atoms. The number of nitrogens with zero attached hydrogens (tertiary/aromatic N) is 1. The minimum absolute atomic E-state index is 0.0484. The van der Waals surface area contributed by atoms with Gasteiger partial charge in [0.25, 0.3) is 5.91 Å². The summed E-state index contributed by atoms with van der Waals surface area (Å²) in [5.74, 6) is -0.332. The van der Waals surface area contributed by atoms with Crippen LogP contribution in [0.1, 0.15) is 5.56 Å². The molecule has 6 nitrogen and oxygen atoms in total. The number of hydrogen-bond acceptors (Lipinski definition) is 5. The van der Waals surface area contributed by atoms with Crippen LogP contribution >= 0.6 is 27.7 Å². The average Bonchev–Trinajstić information content (AvgIpc) is 2.83. The van der Waals surface area contributed by atoms with Gasteiger partial charge in [-0.05, 0) is 59.8 Å². The van der Waals surface area contributed by atoms with Gasteiger partial charge < -0.3 is 0 Å². The second-order valence-electron chi connectivity index (χ2n) is 5.15. The Morgan fingerprint density at radius 3 is 2.24 bits per heavy atom. The Hall–Kier alpha value is -1.94. The van der Waals surface area contributed by atoms with Gasteiger partial charge in [-0.2, -0.15) is 0 Å². The van der Waals surface area contributed by atoms with Crippen molar-refractivity contribution in [1.29, 1.82) is 5.41 Å². The smallest absolute Gasteiger partial charge is 0.271 e. The molecule has 128 valence electrons. The van der Waals surface area contributed by atoms with Crippen LogP contribution in [-0.2, 0) is 14.8 Å². The predicted octanol–water partition coefficient (Wildman–Crippen LogP) is 3.15. The van der Waals surface area contributed by atoms with Crippen molar-refractivity contribution in [3.63, 3.8) is 0 Å². The molecule has 25 heavy (non-hydrogen) atoms. The van der Waals surface area contributed by atoms with E-state index in [-0.39, 0.29) is 16.0 Å². The molecule has 9 heteroatoms. The van der Waals surface area contributed by atoms with Crippen molar-refractivity contribution in [2.45, 2.75) is 4.90 Å². The average molecular weight is 438 g/mol. The van der Waals surface area contributed by atoms with Crippen LogP contribution in [0.2, 0.25) is 0 Å². The number of sulfonamides is 1. The zero-order valence-corrected chi connectivity index (χ0v) is 15.9. The number of hydrogen-bond donors (Lipinski definition) is 2. The van der Waals surface area contributed by atoms with Gasteiger partial charge >= 0.3 is 0 Å². The highest BCUT2D eigenvalue weighted by atomic mass is 79.9. The van der Waals surface area contributed by atoms with Crippen LogP contribution < -0.4 is 10.0 Å². The number of rotatable bonds is 3. The number of nitrogens with one attached hydrogen (secondary N) is 1. The van der Waals surface area contributed by atoms with Crippen molar-refractivity contribution in [2.75, 3.05) is 4.90 Å². The van der Waals surface area contributed by atoms with Crippen LogP contribution in [0.4, 0.5) is 5.69 Å². The third-order valence-corrected chi connectivity index (χ3v) is 5.76. The molecule has 1 amide bonds. The Morgan fingerprint density at radius 2 is 1.68 bits per heavy atom. The van der Waals surface area contributed by atoms with E-state index in [0.717, 1.165) is 21.8 Å². The third kappa shape index (κ3) is 3.84. The lowest BCUT2D eigenvalue weighted by Gasteiger charge is -2.14. The summed E-state index contributed by atoms with van der Waals surface area (Å²) in [5.41, 5.74) is 1.26. The zero-order valence-electron chi connectivity index (χ0n) is 12.6. The number of benzene rings is 2. The topological polar surface area (TPSA) is 104 Å². The fraction of sp³-hybridized carbons (Fsp3) is 0. The Bertz CT molecular complexity index is 984. The van der Waals surface area contributed by atoms with E-state index < -0.39 is 10.0 Å². The van der Waals surface area contributed by atoms with E-state index >= 15 is 0 Å². The van der Waals surface area contributed by atoms with E-state index in [2.05, 4.69) is 15.9 Å². The van der Waals surface area contributed by atoms with Crippen LogP contribution in [0.25, 0.3) is 6.08 Å². The lowest BCUT2D eigenvalue weighted by Crippen LogP contribution is -2.28. The molecule has 0 aromatic heterocycles. The van der Waals surface area contributed by atoms with Gasteiger partial charge in [0.05, 0.1) is 15.5 Å². The number of amidine groups is 1. The van der Waals surface area contributed by atoms with E-state index in [4.69, 9.17) is 10.5 Å². The van der Waals surface area contributed by atoms with E-state index in [1.165, 1.54) is 29.2 Å². The summed E-state index contributed by atoms with van der Waals surface area (Å²) < 4.78 is 23.6. The number of carbonyl (C=O) groups is 1. The van der Waals surface area contributed by atoms with Crippen molar-refractivity contribution < 1.29 is 13.2 Å². The molecule has 1 aliphatic rings. The molecule has 2 aromatic rings. The SMILES string of the molecule is N=C1S/C(=C\c2ccc(Br)cc2)C(=O)N1c1ccc(S(N)(=O)=O)cc1. The van der Waals surface area contributed by atoms with Crippen molar-refractivity contribution >= 4 is 60.6 Å². The van der Waals surface area contributed by atoms with Gasteiger partial charge in [-0.3, -0.25) is 15.1 Å². The Balaban J connectivity index is 1.90. The normalized spacial score (nSPS) is 16.7. The lowest BCUT2D eigenvalue weighted by atomic mass is 10.2. The maximum Gasteiger partial charge on any atom is 0.271 e. The quantitative estimate of drug-likeness (QED) is 0.719. The summed E-state index contributed by atoms with van der Waals surface area (Å²) >= 11 is 4.40. The zero-order chi connectivity index (χ0) is 18.2. The molecule has 3 N–H and O–H groups in total. The fourth-order valence-corrected chi connectivity index (χ4v) is 3.86. The molecule has 1 fully saturated rings. The van der Waals surface area contributed by atoms with Crippen LogP contribution in [-0.4, -0.2) is 19.5 Å². The van der Waals surface area contributed by atoms with Gasteiger partial charge in [-0.1, -0.05) is 28.1 Å². The standard InChI is InChI=1S/C16H12BrN3O3S2/c17-11-3-1-10(2-4-11)9-14-15(21)20(16(18)24-14)12-5-7-13(8-6-12)25(19,22)23/h1-9,18H,(H2,19,22,23)/b14-9-,18-16?. The summed E-state index contributed by atoms with van der Waals surface area (Å²) in [6.07, 6.45) is 1.71. The van der Waals surface area contributed by atoms with E-state index in [1.54, 1.807) is 6.08 Å². The molecular weight excluding hydrogens is 426 g/mol. The highest BCUT2D eigenvalue weighted by Crippen LogP contribution is 2.35. The summed E-state index contributed by atoms with van der Waals surface area (Å²) in [7, 11) is -3.80. The molecule has 0 unspecified atom stereocenters. The maximum atomic E-state index is 12.6. The molecule has 0 saturated carbocycles. The molecule has 0 atom stereocenters. The fourth-order valence-electron chi connectivity index (χ4n) is 2.22. The number of thioether (sulfide) groups is 1. The van der Waals surface area contributed by atoms with Crippen LogP contribution in [0.15, 0.2) is 62.8 Å². The van der Waals surface area contributed by atoms with Gasteiger partial charge in [-0.25, -0.2) is 13.6 Å². The number of amides is 1. The monoisotopic (exact) mass is 437 g/mol. The lowest BCUT2D eigenvalue weighted by molar-refractivity contribution is -0.113. The first-order valence-electron chi connectivity index (χ1n) is 6.97. The highest BCUT2D eigenvalue weighted by molar-refractivity contribution is 9.10. The van der Waals surface area contributed by atoms with E-state index in [0.29, 0.717) is 10.6 Å². The molecule has 0 aliphatic carbocycles. The molecule has 0 spiro atoms. The number of carbonyl (C=O) groups excluding carboxylic acids is 1. The van der Waals surface area contributed by atoms with Crippen LogP contribution in [0, 0.1) is 5.41 Å². The van der Waals surface area contributed by atoms with Crippen molar-refractivity contribution in [2.24, 2.45) is 5.14 Å². The van der Waals surface area contributed by atoms with Crippen LogP contribution in [0.3, 0.4) is 0 Å². The molecule has 1 saturated heterocycles. The minimum Gasteiger partial charge on any atom is -0.278 e. The largest absolute Gasteiger partial charge is 0.278 e. The van der Waals surface area contributed by atoms with Gasteiger partial charge in [0, 0.05) is 4.47 Å². The first-order valence-corrected chi connectivity index (χ1v) is 10.1. The molecule has 1 aliphatic heterocycles. The minimum atomic E-state index is -3.80. The molecule has 3 rings (SSSR count). The van der Waals surface area contributed by atoms with Crippen LogP contribution in [0.5, 0.6) is 0 Å². The van der Waals surface area contributed by atoms with Gasteiger partial charge in [0.2, 0.25) is 10.0 Å². The first kappa shape index (κ1) is 17.9. The van der Waals surface area contributed by atoms with Crippen molar-refractivity contribution in [3.05, 3.63) is 63.5 Å². The maximum absolute atomic E-state index is 12.6. The Kier molecular flexibility index (Phi) is 4.83. The van der Waals surface area contributed by atoms with Crippen molar-refractivity contribution in [1.82, 2.24) is 0 Å². The second kappa shape index (κ2) is 6.75. The summed E-state index contributed by atoms with van der Waals surface area (Å²) in [6.45, 7) is 0. The van der Waals surface area contributed by atoms with E-state index in [1.807, 2.05) is 24.3 Å². The van der Waals surface area contributed by atoms with Gasteiger partial charge in [-0.15, -0.1) is 0 Å². The number of primary sulfonamides is 1. The molecule has 2 aromatic carbocycles. The third-order valence-electron chi connectivity index (χ3n) is 3.41. The van der Waals surface area contributed by atoms with Crippen molar-refractivity contribution in [3.8, 4) is 0 Å². The predicted molar refractivity (Wildman–Crippen MR) is 103 cm³/mol. The molecule has 0 radical (unpaired) electrons. The van der Waals surface area contributed by atoms with E-state index in [9.17, 15) is 13.2 Å². The summed E-state index contributed by atoms with van der Waals surface area (Å²) in [4.78, 5) is 14.2. The van der Waals surface area contributed by atoms with Gasteiger partial charge in [0.15, 0.2) is 5.17 Å². The number of halogens is 1. The Labute approximate surface area is 157 Å². The summed E-state index contributed by atoms with van der Waals surface area (Å²) in [6, 6.07) is 13.0. The molecular formula is C16H12BrN3O3S2. The highest BCUT2D eigenvalue weighted by Gasteiger charge is 2.33. The number of anilines is 1. The summed E-state index contributed by atoms with van der Waals surface area (Å²) in [5, 5.41) is 13.2. The van der Waals surface area contributed by atoms with Gasteiger partial charge in [0.1, 0.15) is 0 Å². The first-order chi connectivity index (χ1) is 11.8. The number of nitrogens with two attached hydrogens (primary N) is 1. The molecule has 1 heterocycles. The Morgan fingerprint density at radius 1 is 1.08 bits per heavy atom. The second-order valence-corrected chi connectivity index (χ2v) is 8.65.